The average Bonchev–Trinajstić information content (AvgIpc) is 3.35. The molecule has 2 unspecified atom stereocenters. The lowest BCUT2D eigenvalue weighted by atomic mass is 9.86. The van der Waals surface area contributed by atoms with Gasteiger partial charge in [0, 0.05) is 28.7 Å². The minimum atomic E-state index is -0.980. The molecule has 0 radical (unpaired) electrons. The van der Waals surface area contributed by atoms with E-state index in [9.17, 15) is 15.2 Å². The number of nitrogens with zero attached hydrogens (tertiary/aromatic N) is 2. The molecule has 1 aliphatic heterocycles. The third-order valence-electron chi connectivity index (χ3n) is 4.93. The Morgan fingerprint density at radius 1 is 1.32 bits per heavy atom. The van der Waals surface area contributed by atoms with Gasteiger partial charge in [-0.3, -0.25) is 4.79 Å². The number of hydrogen-bond donors (Lipinski definition) is 2. The van der Waals surface area contributed by atoms with Gasteiger partial charge in [0.1, 0.15) is 17.5 Å². The van der Waals surface area contributed by atoms with Crippen LogP contribution in [0, 0.1) is 11.3 Å². The van der Waals surface area contributed by atoms with E-state index in [0.717, 1.165) is 5.69 Å². The van der Waals surface area contributed by atoms with E-state index < -0.39 is 17.7 Å². The predicted octanol–water partition coefficient (Wildman–Crippen LogP) is 3.41. The predicted molar refractivity (Wildman–Crippen MR) is 106 cm³/mol. The first kappa shape index (κ1) is 18.3. The number of thiophene rings is 1. The molecule has 7 heteroatoms. The lowest BCUT2D eigenvalue weighted by Crippen LogP contribution is -2.53. The number of ether oxygens (including phenoxy) is 1. The van der Waals surface area contributed by atoms with Crippen LogP contribution >= 0.6 is 11.3 Å². The Labute approximate surface area is 166 Å². The zero-order valence-corrected chi connectivity index (χ0v) is 16.2. The molecule has 0 fully saturated rings. The van der Waals surface area contributed by atoms with Gasteiger partial charge in [0.05, 0.1) is 28.9 Å². The van der Waals surface area contributed by atoms with E-state index in [1.807, 2.05) is 34.5 Å². The van der Waals surface area contributed by atoms with Crippen LogP contribution in [0.1, 0.15) is 41.4 Å². The van der Waals surface area contributed by atoms with Crippen molar-refractivity contribution in [1.82, 2.24) is 9.88 Å². The van der Waals surface area contributed by atoms with E-state index in [1.165, 1.54) is 11.3 Å². The summed E-state index contributed by atoms with van der Waals surface area (Å²) in [5.41, 5.74) is 1.45. The van der Waals surface area contributed by atoms with E-state index in [1.54, 1.807) is 37.4 Å². The Balaban J connectivity index is 1.71. The molecule has 1 aliphatic rings. The van der Waals surface area contributed by atoms with Crippen molar-refractivity contribution in [1.29, 1.82) is 5.26 Å². The topological polar surface area (TPSA) is 87.3 Å². The fourth-order valence-electron chi connectivity index (χ4n) is 3.40. The largest absolute Gasteiger partial charge is 0.485 e. The van der Waals surface area contributed by atoms with Crippen molar-refractivity contribution in [3.63, 3.8) is 0 Å². The molecule has 142 valence electrons. The second kappa shape index (κ2) is 6.82. The number of carbonyl (C=O) groups excluding carboxylic acids is 1. The van der Waals surface area contributed by atoms with Gasteiger partial charge in [-0.1, -0.05) is 0 Å². The van der Waals surface area contributed by atoms with Gasteiger partial charge in [-0.05, 0) is 44.2 Å². The van der Waals surface area contributed by atoms with Gasteiger partial charge in [0.15, 0.2) is 0 Å². The molecule has 3 aromatic rings. The molecule has 2 atom stereocenters. The second-order valence-electron chi connectivity index (χ2n) is 7.23. The number of aliphatic hydroxyl groups is 1. The van der Waals surface area contributed by atoms with Gasteiger partial charge >= 0.3 is 0 Å². The van der Waals surface area contributed by atoms with Crippen molar-refractivity contribution < 1.29 is 14.6 Å². The Kier molecular flexibility index (Phi) is 4.46. The van der Waals surface area contributed by atoms with Crippen molar-refractivity contribution >= 4 is 17.2 Å². The van der Waals surface area contributed by atoms with E-state index in [-0.39, 0.29) is 5.91 Å². The summed E-state index contributed by atoms with van der Waals surface area (Å²) in [6, 6.07) is 10.2. The molecule has 0 saturated heterocycles. The van der Waals surface area contributed by atoms with Gasteiger partial charge in [0.25, 0.3) is 5.91 Å². The van der Waals surface area contributed by atoms with Crippen LogP contribution < -0.4 is 10.1 Å². The Morgan fingerprint density at radius 3 is 2.79 bits per heavy atom. The van der Waals surface area contributed by atoms with Crippen LogP contribution in [0.2, 0.25) is 0 Å². The van der Waals surface area contributed by atoms with Gasteiger partial charge in [-0.2, -0.15) is 5.26 Å². The van der Waals surface area contributed by atoms with Crippen molar-refractivity contribution in [2.24, 2.45) is 0 Å². The molecule has 0 bridgehead atoms. The molecule has 1 amide bonds. The molecule has 28 heavy (non-hydrogen) atoms. The van der Waals surface area contributed by atoms with Crippen LogP contribution in [0.3, 0.4) is 0 Å². The quantitative estimate of drug-likeness (QED) is 0.714. The first-order chi connectivity index (χ1) is 13.4. The van der Waals surface area contributed by atoms with Crippen molar-refractivity contribution in [2.45, 2.75) is 31.6 Å². The molecule has 1 aromatic carbocycles. The number of rotatable bonds is 3. The monoisotopic (exact) mass is 393 g/mol. The highest BCUT2D eigenvalue weighted by molar-refractivity contribution is 7.08. The summed E-state index contributed by atoms with van der Waals surface area (Å²) in [4.78, 5) is 13.1. The molecular weight excluding hydrogens is 374 g/mol. The first-order valence-corrected chi connectivity index (χ1v) is 9.76. The lowest BCUT2D eigenvalue weighted by molar-refractivity contribution is -0.0627. The maximum absolute atomic E-state index is 13.1. The first-order valence-electron chi connectivity index (χ1n) is 8.82. The van der Waals surface area contributed by atoms with Gasteiger partial charge in [-0.25, -0.2) is 0 Å². The second-order valence-corrected chi connectivity index (χ2v) is 7.97. The third-order valence-corrected chi connectivity index (χ3v) is 5.66. The summed E-state index contributed by atoms with van der Waals surface area (Å²) in [6.07, 6.45) is 2.77. The van der Waals surface area contributed by atoms with Crippen LogP contribution in [0.5, 0.6) is 5.75 Å². The molecule has 0 saturated carbocycles. The Bertz CT molecular complexity index is 1060. The third kappa shape index (κ3) is 3.07. The van der Waals surface area contributed by atoms with E-state index in [0.29, 0.717) is 22.4 Å². The Hall–Kier alpha value is -3.08. The number of fused-ring (bicyclic) bond motifs is 1. The number of aliphatic hydroxyl groups excluding tert-OH is 1. The smallest absolute Gasteiger partial charge is 0.254 e. The SMILES string of the molecule is CC1(C)Oc2ccc(C#N)cc2C(NC(=O)c2cscc2-n2cccc2)C1O. The molecular formula is C21H19N3O3S. The summed E-state index contributed by atoms with van der Waals surface area (Å²) in [5, 5.41) is 26.7. The summed E-state index contributed by atoms with van der Waals surface area (Å²) in [6.45, 7) is 3.54. The highest BCUT2D eigenvalue weighted by Gasteiger charge is 2.44. The minimum absolute atomic E-state index is 0.292. The molecule has 2 N–H and O–H groups in total. The molecule has 3 heterocycles. The molecule has 0 spiro atoms. The number of aromatic nitrogens is 1. The number of benzene rings is 1. The van der Waals surface area contributed by atoms with E-state index >= 15 is 0 Å². The Morgan fingerprint density at radius 2 is 2.07 bits per heavy atom. The van der Waals surface area contributed by atoms with Crippen LogP contribution in [-0.4, -0.2) is 27.3 Å². The number of nitrogens with one attached hydrogen (secondary N) is 1. The van der Waals surface area contributed by atoms with Crippen LogP contribution in [0.4, 0.5) is 0 Å². The van der Waals surface area contributed by atoms with Crippen molar-refractivity contribution in [2.75, 3.05) is 0 Å². The minimum Gasteiger partial charge on any atom is -0.485 e. The van der Waals surface area contributed by atoms with Crippen LogP contribution in [0.25, 0.3) is 5.69 Å². The average molecular weight is 393 g/mol. The number of amides is 1. The highest BCUT2D eigenvalue weighted by Crippen LogP contribution is 2.40. The molecule has 2 aromatic heterocycles. The van der Waals surface area contributed by atoms with Crippen molar-refractivity contribution in [3.8, 4) is 17.5 Å². The normalized spacial score (nSPS) is 19.9. The van der Waals surface area contributed by atoms with Gasteiger partial charge < -0.3 is 19.7 Å². The van der Waals surface area contributed by atoms with Crippen LogP contribution in [-0.2, 0) is 0 Å². The van der Waals surface area contributed by atoms with Crippen LogP contribution in [0.15, 0.2) is 53.5 Å². The van der Waals surface area contributed by atoms with Crippen molar-refractivity contribution in [3.05, 3.63) is 70.2 Å². The standard InChI is InChI=1S/C21H19N3O3S/c1-21(2)19(25)18(14-9-13(10-22)5-6-17(14)27-21)23-20(26)15-11-28-12-16(15)24-7-3-4-8-24/h3-9,11-12,18-19,25H,1-2H3,(H,23,26). The summed E-state index contributed by atoms with van der Waals surface area (Å²) in [7, 11) is 0. The fraction of sp³-hybridized carbons (Fsp3) is 0.238. The number of nitriles is 1. The van der Waals surface area contributed by atoms with E-state index in [2.05, 4.69) is 11.4 Å². The maximum atomic E-state index is 13.1. The molecule has 0 aliphatic carbocycles. The maximum Gasteiger partial charge on any atom is 0.254 e. The fourth-order valence-corrected chi connectivity index (χ4v) is 4.21. The molecule has 6 nitrogen and oxygen atoms in total. The number of hydrogen-bond acceptors (Lipinski definition) is 5. The van der Waals surface area contributed by atoms with E-state index in [4.69, 9.17) is 4.74 Å². The lowest BCUT2D eigenvalue weighted by Gasteiger charge is -2.42. The van der Waals surface area contributed by atoms with Gasteiger partial charge in [0.2, 0.25) is 0 Å². The zero-order chi connectivity index (χ0) is 19.9. The highest BCUT2D eigenvalue weighted by atomic mass is 32.1. The van der Waals surface area contributed by atoms with Gasteiger partial charge in [-0.15, -0.1) is 11.3 Å². The summed E-state index contributed by atoms with van der Waals surface area (Å²) in [5.74, 6) is 0.260. The zero-order valence-electron chi connectivity index (χ0n) is 15.4. The molecule has 4 rings (SSSR count). The summed E-state index contributed by atoms with van der Waals surface area (Å²) >= 11 is 1.44. The summed E-state index contributed by atoms with van der Waals surface area (Å²) < 4.78 is 7.78. The number of carbonyl (C=O) groups is 1.